The molecule has 82 valence electrons. The van der Waals surface area contributed by atoms with Crippen LogP contribution >= 0.6 is 0 Å². The molecule has 2 aliphatic carbocycles. The Balaban J connectivity index is 1.76. The van der Waals surface area contributed by atoms with Gasteiger partial charge < -0.3 is 0 Å². The fourth-order valence-corrected chi connectivity index (χ4v) is 3.67. The minimum Gasteiger partial charge on any atom is -0.0651 e. The van der Waals surface area contributed by atoms with Gasteiger partial charge in [-0.05, 0) is 30.6 Å². The third kappa shape index (κ3) is 2.52. The van der Waals surface area contributed by atoms with Gasteiger partial charge in [-0.3, -0.25) is 0 Å². The summed E-state index contributed by atoms with van der Waals surface area (Å²) in [6.45, 7) is 2.37. The van der Waals surface area contributed by atoms with Crippen molar-refractivity contribution in [2.24, 2.45) is 17.8 Å². The number of rotatable bonds is 2. The highest BCUT2D eigenvalue weighted by molar-refractivity contribution is 4.79. The molecule has 2 fully saturated rings. The lowest BCUT2D eigenvalue weighted by Crippen LogP contribution is -2.23. The molecule has 0 radical (unpaired) electrons. The van der Waals surface area contributed by atoms with Gasteiger partial charge in [0, 0.05) is 0 Å². The van der Waals surface area contributed by atoms with Gasteiger partial charge in [0.05, 0.1) is 0 Å². The van der Waals surface area contributed by atoms with Crippen LogP contribution < -0.4 is 0 Å². The Labute approximate surface area is 89.5 Å². The molecule has 0 spiro atoms. The quantitative estimate of drug-likeness (QED) is 0.593. The topological polar surface area (TPSA) is 0 Å². The average Bonchev–Trinajstić information content (AvgIpc) is 2.30. The molecular formula is C14H26. The highest BCUT2D eigenvalue weighted by atomic mass is 14.3. The van der Waals surface area contributed by atoms with Gasteiger partial charge in [-0.2, -0.15) is 0 Å². The minimum atomic E-state index is 1.08. The van der Waals surface area contributed by atoms with Gasteiger partial charge in [-0.25, -0.2) is 0 Å². The molecule has 0 aromatic heterocycles. The van der Waals surface area contributed by atoms with Crippen molar-refractivity contribution in [1.29, 1.82) is 0 Å². The molecular weight excluding hydrogens is 168 g/mol. The van der Waals surface area contributed by atoms with Gasteiger partial charge in [-0.1, -0.05) is 58.3 Å². The Morgan fingerprint density at radius 2 is 1.29 bits per heavy atom. The summed E-state index contributed by atoms with van der Waals surface area (Å²) in [6.07, 6.45) is 15.3. The summed E-state index contributed by atoms with van der Waals surface area (Å²) in [7, 11) is 0. The highest BCUT2D eigenvalue weighted by Gasteiger charge is 2.27. The molecule has 0 saturated heterocycles. The van der Waals surface area contributed by atoms with E-state index in [9.17, 15) is 0 Å². The van der Waals surface area contributed by atoms with Crippen LogP contribution in [0.25, 0.3) is 0 Å². The van der Waals surface area contributed by atoms with E-state index in [-0.39, 0.29) is 0 Å². The Morgan fingerprint density at radius 3 is 1.86 bits per heavy atom. The second kappa shape index (κ2) is 5.19. The van der Waals surface area contributed by atoms with Gasteiger partial charge in [0.15, 0.2) is 0 Å². The highest BCUT2D eigenvalue weighted by Crippen LogP contribution is 2.40. The van der Waals surface area contributed by atoms with Gasteiger partial charge in [-0.15, -0.1) is 0 Å². The van der Waals surface area contributed by atoms with E-state index in [2.05, 4.69) is 6.92 Å². The normalized spacial score (nSPS) is 35.8. The SMILES string of the molecule is CC[C@H]1CC[C@H](C2CCCCC2)CC1. The Morgan fingerprint density at radius 1 is 0.714 bits per heavy atom. The summed E-state index contributed by atoms with van der Waals surface area (Å²) >= 11 is 0. The predicted octanol–water partition coefficient (Wildman–Crippen LogP) is 4.78. The average molecular weight is 194 g/mol. The van der Waals surface area contributed by atoms with E-state index in [1.165, 1.54) is 38.5 Å². The van der Waals surface area contributed by atoms with Crippen molar-refractivity contribution in [2.75, 3.05) is 0 Å². The molecule has 0 aromatic carbocycles. The van der Waals surface area contributed by atoms with Crippen molar-refractivity contribution in [2.45, 2.75) is 71.1 Å². The molecule has 0 heterocycles. The summed E-state index contributed by atoms with van der Waals surface area (Å²) in [5.41, 5.74) is 0. The summed E-state index contributed by atoms with van der Waals surface area (Å²) in [5.74, 6) is 3.33. The fourth-order valence-electron chi connectivity index (χ4n) is 3.67. The van der Waals surface area contributed by atoms with Crippen LogP contribution in [0.2, 0.25) is 0 Å². The van der Waals surface area contributed by atoms with Crippen molar-refractivity contribution < 1.29 is 0 Å². The Hall–Kier alpha value is 0. The van der Waals surface area contributed by atoms with E-state index in [4.69, 9.17) is 0 Å². The monoisotopic (exact) mass is 194 g/mol. The van der Waals surface area contributed by atoms with E-state index in [1.807, 2.05) is 0 Å². The lowest BCUT2D eigenvalue weighted by molar-refractivity contribution is 0.165. The van der Waals surface area contributed by atoms with Crippen LogP contribution in [0.4, 0.5) is 0 Å². The van der Waals surface area contributed by atoms with Crippen molar-refractivity contribution >= 4 is 0 Å². The Bertz CT molecular complexity index is 147. The second-order valence-corrected chi connectivity index (χ2v) is 5.59. The maximum absolute atomic E-state index is 2.37. The molecule has 0 nitrogen and oxygen atoms in total. The standard InChI is InChI=1S/C14H26/c1-2-12-8-10-14(11-9-12)13-6-4-3-5-7-13/h12-14H,2-11H2,1H3/t12-,14-. The molecule has 0 atom stereocenters. The molecule has 0 bridgehead atoms. The van der Waals surface area contributed by atoms with E-state index in [0.717, 1.165) is 17.8 Å². The van der Waals surface area contributed by atoms with Crippen molar-refractivity contribution in [1.82, 2.24) is 0 Å². The first-order valence-corrected chi connectivity index (χ1v) is 6.90. The van der Waals surface area contributed by atoms with Crippen LogP contribution in [0.1, 0.15) is 71.1 Å². The van der Waals surface area contributed by atoms with E-state index in [0.29, 0.717) is 0 Å². The van der Waals surface area contributed by atoms with Crippen molar-refractivity contribution in [3.63, 3.8) is 0 Å². The lowest BCUT2D eigenvalue weighted by atomic mass is 9.71. The smallest absolute Gasteiger partial charge is 0.0386 e. The molecule has 0 unspecified atom stereocenters. The first-order valence-electron chi connectivity index (χ1n) is 6.90. The third-order valence-corrected chi connectivity index (χ3v) is 4.79. The summed E-state index contributed by atoms with van der Waals surface area (Å²) in [4.78, 5) is 0. The first kappa shape index (κ1) is 10.5. The van der Waals surface area contributed by atoms with Gasteiger partial charge in [0.1, 0.15) is 0 Å². The summed E-state index contributed by atoms with van der Waals surface area (Å²) < 4.78 is 0. The first-order chi connectivity index (χ1) is 6.90. The largest absolute Gasteiger partial charge is 0.0651 e. The molecule has 0 aromatic rings. The van der Waals surface area contributed by atoms with Crippen LogP contribution in [0.3, 0.4) is 0 Å². The van der Waals surface area contributed by atoms with Crippen molar-refractivity contribution in [3.8, 4) is 0 Å². The second-order valence-electron chi connectivity index (χ2n) is 5.59. The fraction of sp³-hybridized carbons (Fsp3) is 1.00. The Kier molecular flexibility index (Phi) is 3.89. The minimum absolute atomic E-state index is 1.08. The summed E-state index contributed by atoms with van der Waals surface area (Å²) in [5, 5.41) is 0. The van der Waals surface area contributed by atoms with E-state index in [1.54, 1.807) is 25.7 Å². The number of hydrogen-bond acceptors (Lipinski definition) is 0. The van der Waals surface area contributed by atoms with E-state index >= 15 is 0 Å². The molecule has 2 saturated carbocycles. The third-order valence-electron chi connectivity index (χ3n) is 4.79. The van der Waals surface area contributed by atoms with Crippen molar-refractivity contribution in [3.05, 3.63) is 0 Å². The van der Waals surface area contributed by atoms with E-state index < -0.39 is 0 Å². The predicted molar refractivity (Wildman–Crippen MR) is 62.3 cm³/mol. The molecule has 14 heavy (non-hydrogen) atoms. The maximum atomic E-state index is 2.37. The van der Waals surface area contributed by atoms with Crippen LogP contribution in [0, 0.1) is 17.8 Å². The zero-order valence-corrected chi connectivity index (χ0v) is 9.80. The molecule has 0 N–H and O–H groups in total. The molecule has 0 heteroatoms. The molecule has 2 rings (SSSR count). The lowest BCUT2D eigenvalue weighted by Gasteiger charge is -2.35. The van der Waals surface area contributed by atoms with Gasteiger partial charge in [0.2, 0.25) is 0 Å². The zero-order chi connectivity index (χ0) is 9.80. The zero-order valence-electron chi connectivity index (χ0n) is 9.80. The van der Waals surface area contributed by atoms with Gasteiger partial charge >= 0.3 is 0 Å². The maximum Gasteiger partial charge on any atom is -0.0386 e. The summed E-state index contributed by atoms with van der Waals surface area (Å²) in [6, 6.07) is 0. The van der Waals surface area contributed by atoms with Gasteiger partial charge in [0.25, 0.3) is 0 Å². The molecule has 0 aliphatic heterocycles. The molecule has 0 amide bonds. The number of hydrogen-bond donors (Lipinski definition) is 0. The van der Waals surface area contributed by atoms with Crippen LogP contribution in [0.15, 0.2) is 0 Å². The molecule has 2 aliphatic rings. The van der Waals surface area contributed by atoms with Crippen LogP contribution in [0.5, 0.6) is 0 Å². The van der Waals surface area contributed by atoms with Crippen LogP contribution in [-0.4, -0.2) is 0 Å². The van der Waals surface area contributed by atoms with Crippen LogP contribution in [-0.2, 0) is 0 Å².